The summed E-state index contributed by atoms with van der Waals surface area (Å²) in [5.74, 6) is -1.75. The lowest BCUT2D eigenvalue weighted by Gasteiger charge is -2.34. The molecular formula is C39H71NO7. The van der Waals surface area contributed by atoms with Gasteiger partial charge in [0.25, 0.3) is 0 Å². The van der Waals surface area contributed by atoms with Crippen LogP contribution < -0.4 is 5.11 Å². The minimum absolute atomic E-state index is 0.0392. The number of carboxylic acids is 1. The molecule has 0 amide bonds. The van der Waals surface area contributed by atoms with E-state index in [0.29, 0.717) is 12.8 Å². The number of carboxylic acid groups (broad SMARTS) is 1. The molecule has 2 unspecified atom stereocenters. The van der Waals surface area contributed by atoms with Gasteiger partial charge >= 0.3 is 11.9 Å². The van der Waals surface area contributed by atoms with E-state index < -0.39 is 18.1 Å². The molecule has 0 bridgehead atoms. The molecule has 2 atom stereocenters. The van der Waals surface area contributed by atoms with Crippen LogP contribution in [0.1, 0.15) is 155 Å². The molecule has 0 aromatic heterocycles. The normalized spacial score (nSPS) is 13.3. The zero-order valence-electron chi connectivity index (χ0n) is 30.9. The number of nitrogens with zero attached hydrogens (tertiary/aromatic N) is 1. The zero-order chi connectivity index (χ0) is 35.0. The van der Waals surface area contributed by atoms with Gasteiger partial charge in [-0.15, -0.1) is 0 Å². The van der Waals surface area contributed by atoms with E-state index in [0.717, 1.165) is 70.6 Å². The Morgan fingerprint density at radius 2 is 1.19 bits per heavy atom. The lowest BCUT2D eigenvalue weighted by molar-refractivity contribution is -0.889. The highest BCUT2D eigenvalue weighted by atomic mass is 16.6. The molecule has 0 aromatic rings. The van der Waals surface area contributed by atoms with Crippen LogP contribution >= 0.6 is 0 Å². The number of quaternary nitrogens is 1. The summed E-state index contributed by atoms with van der Waals surface area (Å²) in [6.45, 7) is 4.51. The van der Waals surface area contributed by atoms with Gasteiger partial charge < -0.3 is 28.6 Å². The SMILES string of the molecule is CC/C=C/C/C=C/CCCCCCCC(=O)OCC(COCCC(C(=O)[O-])[N+](C)(C)C)OC(=O)CCCCCCCCCCCCC. The first-order valence-electron chi connectivity index (χ1n) is 18.9. The topological polar surface area (TPSA) is 102 Å². The lowest BCUT2D eigenvalue weighted by Crippen LogP contribution is -2.55. The molecular weight excluding hydrogens is 594 g/mol. The fourth-order valence-electron chi connectivity index (χ4n) is 5.40. The van der Waals surface area contributed by atoms with E-state index in [1.165, 1.54) is 51.4 Å². The second kappa shape index (κ2) is 31.1. The third-order valence-corrected chi connectivity index (χ3v) is 8.35. The van der Waals surface area contributed by atoms with Crippen molar-refractivity contribution >= 4 is 17.9 Å². The van der Waals surface area contributed by atoms with Gasteiger partial charge in [-0.3, -0.25) is 9.59 Å². The van der Waals surface area contributed by atoms with Gasteiger partial charge in [0.1, 0.15) is 12.6 Å². The smallest absolute Gasteiger partial charge is 0.306 e. The van der Waals surface area contributed by atoms with Gasteiger partial charge in [0.15, 0.2) is 6.10 Å². The van der Waals surface area contributed by atoms with Crippen molar-refractivity contribution in [3.63, 3.8) is 0 Å². The zero-order valence-corrected chi connectivity index (χ0v) is 30.9. The standard InChI is InChI=1S/C39H71NO7/c1-6-8-10-12-14-16-18-20-21-23-25-27-29-37(41)46-34-35(33-45-32-31-36(39(43)44)40(3,4)5)47-38(42)30-28-26-24-22-19-17-15-13-11-9-7-2/h8,10,14,16,35-36H,6-7,9,11-13,15,17-34H2,1-5H3/b10-8+,16-14+. The Hall–Kier alpha value is -2.19. The molecule has 0 saturated heterocycles. The molecule has 0 rings (SSSR count). The molecule has 0 aliphatic rings. The molecule has 0 aliphatic carbocycles. The maximum absolute atomic E-state index is 12.6. The van der Waals surface area contributed by atoms with Crippen LogP contribution in [0.15, 0.2) is 24.3 Å². The van der Waals surface area contributed by atoms with Gasteiger partial charge in [-0.05, 0) is 38.5 Å². The fraction of sp³-hybridized carbons (Fsp3) is 0.821. The van der Waals surface area contributed by atoms with Crippen molar-refractivity contribution in [2.75, 3.05) is 41.0 Å². The van der Waals surface area contributed by atoms with Crippen LogP contribution in [0.2, 0.25) is 0 Å². The predicted octanol–water partition coefficient (Wildman–Crippen LogP) is 8.02. The third kappa shape index (κ3) is 29.7. The highest BCUT2D eigenvalue weighted by Gasteiger charge is 2.25. The molecule has 0 aliphatic heterocycles. The summed E-state index contributed by atoms with van der Waals surface area (Å²) in [7, 11) is 5.39. The number of ether oxygens (including phenoxy) is 3. The Morgan fingerprint density at radius 3 is 1.74 bits per heavy atom. The highest BCUT2D eigenvalue weighted by Crippen LogP contribution is 2.14. The summed E-state index contributed by atoms with van der Waals surface area (Å²) in [5.41, 5.74) is 0. The first-order valence-corrected chi connectivity index (χ1v) is 18.9. The Balaban J connectivity index is 4.44. The van der Waals surface area contributed by atoms with E-state index in [9.17, 15) is 19.5 Å². The molecule has 0 spiro atoms. The van der Waals surface area contributed by atoms with E-state index in [2.05, 4.69) is 38.2 Å². The van der Waals surface area contributed by atoms with Crippen molar-refractivity contribution in [1.29, 1.82) is 0 Å². The average Bonchev–Trinajstić information content (AvgIpc) is 3.01. The minimum atomic E-state index is -1.13. The molecule has 0 saturated carbocycles. The van der Waals surface area contributed by atoms with Gasteiger partial charge in [-0.1, -0.05) is 122 Å². The predicted molar refractivity (Wildman–Crippen MR) is 190 cm³/mol. The fourth-order valence-corrected chi connectivity index (χ4v) is 5.40. The quantitative estimate of drug-likeness (QED) is 0.0303. The Morgan fingerprint density at radius 1 is 0.660 bits per heavy atom. The van der Waals surface area contributed by atoms with Crippen LogP contribution in [-0.4, -0.2) is 75.5 Å². The van der Waals surface area contributed by atoms with Crippen molar-refractivity contribution < 1.29 is 38.2 Å². The van der Waals surface area contributed by atoms with Crippen molar-refractivity contribution in [3.8, 4) is 0 Å². The van der Waals surface area contributed by atoms with Gasteiger partial charge in [0.2, 0.25) is 0 Å². The molecule has 8 heteroatoms. The molecule has 47 heavy (non-hydrogen) atoms. The van der Waals surface area contributed by atoms with Crippen LogP contribution in [0.5, 0.6) is 0 Å². The highest BCUT2D eigenvalue weighted by molar-refractivity contribution is 5.70. The number of allylic oxidation sites excluding steroid dienone is 4. The van der Waals surface area contributed by atoms with Crippen LogP contribution in [0.3, 0.4) is 0 Å². The maximum atomic E-state index is 12.6. The lowest BCUT2D eigenvalue weighted by atomic mass is 10.1. The van der Waals surface area contributed by atoms with Crippen LogP contribution in [-0.2, 0) is 28.6 Å². The van der Waals surface area contributed by atoms with Gasteiger partial charge in [0, 0.05) is 19.3 Å². The average molecular weight is 666 g/mol. The number of hydrogen-bond acceptors (Lipinski definition) is 7. The van der Waals surface area contributed by atoms with Crippen LogP contribution in [0, 0.1) is 0 Å². The number of unbranched alkanes of at least 4 members (excludes halogenated alkanes) is 15. The summed E-state index contributed by atoms with van der Waals surface area (Å²) in [5, 5.41) is 11.6. The largest absolute Gasteiger partial charge is 0.544 e. The van der Waals surface area contributed by atoms with Crippen molar-refractivity contribution in [1.82, 2.24) is 0 Å². The number of hydrogen-bond donors (Lipinski definition) is 0. The number of carbonyl (C=O) groups is 3. The summed E-state index contributed by atoms with van der Waals surface area (Å²) >= 11 is 0. The van der Waals surface area contributed by atoms with E-state index in [1.54, 1.807) is 21.1 Å². The van der Waals surface area contributed by atoms with Crippen molar-refractivity contribution in [2.24, 2.45) is 0 Å². The Kier molecular flexibility index (Phi) is 29.7. The molecule has 274 valence electrons. The minimum Gasteiger partial charge on any atom is -0.544 e. The Bertz CT molecular complexity index is 834. The van der Waals surface area contributed by atoms with Gasteiger partial charge in [-0.2, -0.15) is 0 Å². The molecule has 0 aromatic carbocycles. The number of esters is 2. The Labute approximate surface area is 288 Å². The van der Waals surface area contributed by atoms with Crippen molar-refractivity contribution in [2.45, 2.75) is 167 Å². The molecule has 8 nitrogen and oxygen atoms in total. The maximum Gasteiger partial charge on any atom is 0.306 e. The summed E-state index contributed by atoms with van der Waals surface area (Å²) in [4.78, 5) is 36.6. The van der Waals surface area contributed by atoms with Crippen LogP contribution in [0.4, 0.5) is 0 Å². The van der Waals surface area contributed by atoms with Gasteiger partial charge in [-0.25, -0.2) is 0 Å². The molecule has 0 fully saturated rings. The monoisotopic (exact) mass is 666 g/mol. The van der Waals surface area contributed by atoms with E-state index in [4.69, 9.17) is 14.2 Å². The van der Waals surface area contributed by atoms with E-state index in [-0.39, 0.29) is 42.7 Å². The summed E-state index contributed by atoms with van der Waals surface area (Å²) in [6, 6.07) is -0.723. The summed E-state index contributed by atoms with van der Waals surface area (Å²) < 4.78 is 17.1. The molecule has 0 radical (unpaired) electrons. The number of carbonyl (C=O) groups excluding carboxylic acids is 3. The number of rotatable bonds is 33. The van der Waals surface area contributed by atoms with Crippen LogP contribution in [0.25, 0.3) is 0 Å². The first kappa shape index (κ1) is 44.8. The molecule has 0 heterocycles. The molecule has 0 N–H and O–H groups in total. The summed E-state index contributed by atoms with van der Waals surface area (Å²) in [6.07, 6.45) is 30.6. The second-order valence-corrected chi connectivity index (χ2v) is 13.8. The first-order chi connectivity index (χ1) is 22.6. The van der Waals surface area contributed by atoms with E-state index >= 15 is 0 Å². The number of aliphatic carboxylic acids is 1. The second-order valence-electron chi connectivity index (χ2n) is 13.8. The van der Waals surface area contributed by atoms with Gasteiger partial charge in [0.05, 0.1) is 40.3 Å². The van der Waals surface area contributed by atoms with Crippen molar-refractivity contribution in [3.05, 3.63) is 24.3 Å². The third-order valence-electron chi connectivity index (χ3n) is 8.35. The number of likely N-dealkylation sites (N-methyl/N-ethyl adjacent to an activating group) is 1. The van der Waals surface area contributed by atoms with E-state index in [1.807, 2.05) is 0 Å².